The first-order valence-electron chi connectivity index (χ1n) is 10.1. The van der Waals surface area contributed by atoms with E-state index in [9.17, 15) is 9.59 Å². The summed E-state index contributed by atoms with van der Waals surface area (Å²) in [6.07, 6.45) is 11.1. The summed E-state index contributed by atoms with van der Waals surface area (Å²) in [5.74, 6) is -0.691. The fourth-order valence-corrected chi connectivity index (χ4v) is 3.44. The molecule has 3 aromatic heterocycles. The Morgan fingerprint density at radius 3 is 2.33 bits per heavy atom. The number of amidine groups is 1. The van der Waals surface area contributed by atoms with Gasteiger partial charge >= 0.3 is 0 Å². The number of nitrogens with one attached hydrogen (secondary N) is 3. The van der Waals surface area contributed by atoms with Crippen LogP contribution in [0.5, 0.6) is 0 Å². The lowest BCUT2D eigenvalue weighted by Gasteiger charge is -2.09. The van der Waals surface area contributed by atoms with Gasteiger partial charge in [-0.05, 0) is 35.9 Å². The van der Waals surface area contributed by atoms with Crippen LogP contribution in [-0.4, -0.2) is 32.2 Å². The Bertz CT molecular complexity index is 1350. The average molecular weight is 439 g/mol. The zero-order chi connectivity index (χ0) is 23.2. The number of nitrogen functional groups attached to an aromatic ring is 1. The summed E-state index contributed by atoms with van der Waals surface area (Å²) in [6, 6.07) is 12.4. The summed E-state index contributed by atoms with van der Waals surface area (Å²) in [7, 11) is 0. The second kappa shape index (κ2) is 9.56. The number of nitrogens with zero attached hydrogens (tertiary/aromatic N) is 3. The summed E-state index contributed by atoms with van der Waals surface area (Å²) >= 11 is 0. The van der Waals surface area contributed by atoms with E-state index < -0.39 is 0 Å². The summed E-state index contributed by atoms with van der Waals surface area (Å²) in [5, 5.41) is 14.2. The molecule has 4 rings (SSSR count). The van der Waals surface area contributed by atoms with Crippen molar-refractivity contribution >= 4 is 46.0 Å². The maximum atomic E-state index is 12.7. The molecule has 1 aromatic carbocycles. The SMILES string of the molecule is N=C(N)c1cn(CC(=O)Nc2cccnc2)c2c(/C=C/C(=O)Nc3cccnc3)cccc12. The van der Waals surface area contributed by atoms with E-state index in [4.69, 9.17) is 11.1 Å². The molecule has 0 unspecified atom stereocenters. The third-order valence-electron chi connectivity index (χ3n) is 4.82. The zero-order valence-electron chi connectivity index (χ0n) is 17.5. The molecule has 0 aliphatic rings. The van der Waals surface area contributed by atoms with Gasteiger partial charge in [0.15, 0.2) is 0 Å². The van der Waals surface area contributed by atoms with E-state index in [1.54, 1.807) is 65.9 Å². The molecule has 0 atom stereocenters. The largest absolute Gasteiger partial charge is 0.384 e. The number of aromatic nitrogens is 3. The number of carbonyl (C=O) groups is 2. The highest BCUT2D eigenvalue weighted by Gasteiger charge is 2.15. The van der Waals surface area contributed by atoms with Gasteiger partial charge in [-0.3, -0.25) is 25.0 Å². The number of anilines is 2. The van der Waals surface area contributed by atoms with Crippen molar-refractivity contribution < 1.29 is 9.59 Å². The van der Waals surface area contributed by atoms with Crippen molar-refractivity contribution in [1.82, 2.24) is 14.5 Å². The first-order valence-corrected chi connectivity index (χ1v) is 10.1. The van der Waals surface area contributed by atoms with Crippen molar-refractivity contribution in [1.29, 1.82) is 5.41 Å². The quantitative estimate of drug-likeness (QED) is 0.199. The van der Waals surface area contributed by atoms with Crippen LogP contribution in [0.25, 0.3) is 17.0 Å². The Balaban J connectivity index is 1.63. The van der Waals surface area contributed by atoms with Crippen molar-refractivity contribution in [2.75, 3.05) is 10.6 Å². The number of rotatable bonds is 7. The van der Waals surface area contributed by atoms with Crippen LogP contribution in [0, 0.1) is 5.41 Å². The number of pyridine rings is 2. The third-order valence-corrected chi connectivity index (χ3v) is 4.82. The first-order chi connectivity index (χ1) is 16.0. The standard InChI is InChI=1S/C24H21N7O2/c25-24(26)20-14-31(15-22(33)30-18-6-3-11-28-13-18)23-16(4-1-7-19(20)23)8-9-21(32)29-17-5-2-10-27-12-17/h1-14H,15H2,(H3,25,26)(H,29,32)(H,30,33)/b9-8+. The van der Waals surface area contributed by atoms with Gasteiger partial charge in [-0.15, -0.1) is 0 Å². The molecule has 0 spiro atoms. The Morgan fingerprint density at radius 2 is 1.70 bits per heavy atom. The van der Waals surface area contributed by atoms with Crippen molar-refractivity contribution in [2.45, 2.75) is 6.54 Å². The normalized spacial score (nSPS) is 10.9. The number of carbonyl (C=O) groups excluding carboxylic acids is 2. The van der Waals surface area contributed by atoms with E-state index >= 15 is 0 Å². The average Bonchev–Trinajstić information content (AvgIpc) is 3.18. The van der Waals surface area contributed by atoms with Crippen molar-refractivity contribution in [3.05, 3.63) is 90.7 Å². The molecule has 0 fully saturated rings. The highest BCUT2D eigenvalue weighted by atomic mass is 16.2. The van der Waals surface area contributed by atoms with Gasteiger partial charge in [-0.1, -0.05) is 18.2 Å². The minimum Gasteiger partial charge on any atom is -0.384 e. The topological polar surface area (TPSA) is 139 Å². The van der Waals surface area contributed by atoms with Gasteiger partial charge < -0.3 is 20.9 Å². The van der Waals surface area contributed by atoms with Crippen LogP contribution in [0.2, 0.25) is 0 Å². The van der Waals surface area contributed by atoms with Gasteiger partial charge in [0, 0.05) is 35.6 Å². The van der Waals surface area contributed by atoms with Gasteiger partial charge in [0.05, 0.1) is 29.3 Å². The summed E-state index contributed by atoms with van der Waals surface area (Å²) in [5.41, 5.74) is 8.85. The molecule has 9 nitrogen and oxygen atoms in total. The van der Waals surface area contributed by atoms with E-state index in [0.717, 1.165) is 0 Å². The van der Waals surface area contributed by atoms with Gasteiger partial charge in [0.25, 0.3) is 0 Å². The molecule has 0 saturated heterocycles. The second-order valence-electron chi connectivity index (χ2n) is 7.18. The van der Waals surface area contributed by atoms with Crippen LogP contribution in [0.15, 0.2) is 79.5 Å². The maximum absolute atomic E-state index is 12.7. The molecule has 9 heteroatoms. The molecule has 33 heavy (non-hydrogen) atoms. The van der Waals surface area contributed by atoms with Crippen LogP contribution in [0.1, 0.15) is 11.1 Å². The van der Waals surface area contributed by atoms with Gasteiger partial charge in [0.1, 0.15) is 12.4 Å². The zero-order valence-corrected chi connectivity index (χ0v) is 17.5. The van der Waals surface area contributed by atoms with Gasteiger partial charge in [-0.25, -0.2) is 0 Å². The predicted octanol–water partition coefficient (Wildman–Crippen LogP) is 3.01. The molecule has 0 aliphatic carbocycles. The summed E-state index contributed by atoms with van der Waals surface area (Å²) in [4.78, 5) is 33.0. The lowest BCUT2D eigenvalue weighted by atomic mass is 10.1. The number of nitrogens with two attached hydrogens (primary N) is 1. The minimum absolute atomic E-state index is 0.00852. The van der Waals surface area contributed by atoms with E-state index in [0.29, 0.717) is 33.4 Å². The molecule has 3 heterocycles. The Kier molecular flexibility index (Phi) is 6.21. The fourth-order valence-electron chi connectivity index (χ4n) is 3.44. The molecule has 0 aliphatic heterocycles. The van der Waals surface area contributed by atoms with E-state index in [1.165, 1.54) is 6.08 Å². The number of hydrogen-bond acceptors (Lipinski definition) is 5. The molecule has 0 radical (unpaired) electrons. The number of hydrogen-bond donors (Lipinski definition) is 4. The lowest BCUT2D eigenvalue weighted by Crippen LogP contribution is -2.18. The Morgan fingerprint density at radius 1 is 1.00 bits per heavy atom. The predicted molar refractivity (Wildman–Crippen MR) is 128 cm³/mol. The Labute approximate surface area is 189 Å². The van der Waals surface area contributed by atoms with Crippen molar-refractivity contribution in [3.63, 3.8) is 0 Å². The van der Waals surface area contributed by atoms with E-state index in [2.05, 4.69) is 20.6 Å². The molecule has 5 N–H and O–H groups in total. The number of amides is 2. The molecule has 4 aromatic rings. The molecular weight excluding hydrogens is 418 g/mol. The lowest BCUT2D eigenvalue weighted by molar-refractivity contribution is -0.116. The van der Waals surface area contributed by atoms with Gasteiger partial charge in [0.2, 0.25) is 11.8 Å². The van der Waals surface area contributed by atoms with Crippen LogP contribution in [-0.2, 0) is 16.1 Å². The molecule has 0 saturated carbocycles. The third kappa shape index (κ3) is 5.10. The summed E-state index contributed by atoms with van der Waals surface area (Å²) < 4.78 is 1.72. The Hall–Kier alpha value is -4.79. The molecular formula is C24H21N7O2. The molecule has 0 bridgehead atoms. The van der Waals surface area contributed by atoms with Gasteiger partial charge in [-0.2, -0.15) is 0 Å². The molecule has 2 amide bonds. The minimum atomic E-state index is -0.320. The second-order valence-corrected chi connectivity index (χ2v) is 7.18. The van der Waals surface area contributed by atoms with Crippen LogP contribution in [0.3, 0.4) is 0 Å². The van der Waals surface area contributed by atoms with E-state index in [1.807, 2.05) is 18.2 Å². The number of fused-ring (bicyclic) bond motifs is 1. The fraction of sp³-hybridized carbons (Fsp3) is 0.0417. The number of para-hydroxylation sites is 1. The molecule has 164 valence electrons. The van der Waals surface area contributed by atoms with Crippen LogP contribution in [0.4, 0.5) is 11.4 Å². The number of benzene rings is 1. The first kappa shape index (κ1) is 21.4. The van der Waals surface area contributed by atoms with E-state index in [-0.39, 0.29) is 24.2 Å². The smallest absolute Gasteiger partial charge is 0.248 e. The highest BCUT2D eigenvalue weighted by molar-refractivity contribution is 6.10. The maximum Gasteiger partial charge on any atom is 0.248 e. The van der Waals surface area contributed by atoms with Crippen LogP contribution < -0.4 is 16.4 Å². The highest BCUT2D eigenvalue weighted by Crippen LogP contribution is 2.26. The summed E-state index contributed by atoms with van der Waals surface area (Å²) in [6.45, 7) is -0.00852. The van der Waals surface area contributed by atoms with Crippen molar-refractivity contribution in [2.24, 2.45) is 5.73 Å². The van der Waals surface area contributed by atoms with Crippen LogP contribution >= 0.6 is 0 Å². The monoisotopic (exact) mass is 439 g/mol. The van der Waals surface area contributed by atoms with Crippen molar-refractivity contribution in [3.8, 4) is 0 Å².